The van der Waals surface area contributed by atoms with Crippen molar-refractivity contribution >= 4 is 94.5 Å². The largest absolute Gasteiger partial charge is 0.228 e. The van der Waals surface area contributed by atoms with E-state index in [1.165, 1.54) is 77.2 Å². The van der Waals surface area contributed by atoms with Gasteiger partial charge in [0.25, 0.3) is 0 Å². The summed E-state index contributed by atoms with van der Waals surface area (Å²) in [6.45, 7) is 0. The molecule has 0 aliphatic carbocycles. The summed E-state index contributed by atoms with van der Waals surface area (Å²) in [6, 6.07) is 75.1. The van der Waals surface area contributed by atoms with Crippen molar-refractivity contribution in [2.24, 2.45) is 0 Å². The van der Waals surface area contributed by atoms with Gasteiger partial charge in [0.05, 0.1) is 11.4 Å². The normalized spacial score (nSPS) is 11.8. The van der Waals surface area contributed by atoms with E-state index in [4.69, 9.17) is 9.97 Å². The Morgan fingerprint density at radius 2 is 0.587 bits per heavy atom. The minimum absolute atomic E-state index is 0.690. The second-order valence-electron chi connectivity index (χ2n) is 16.1. The van der Waals surface area contributed by atoms with Crippen LogP contribution in [-0.2, 0) is 0 Å². The first-order valence-electron chi connectivity index (χ1n) is 21.1. The van der Waals surface area contributed by atoms with Gasteiger partial charge in [-0.15, -0.1) is 34.0 Å². The first-order valence-corrected chi connectivity index (χ1v) is 23.6. The van der Waals surface area contributed by atoms with Crippen LogP contribution < -0.4 is 0 Å². The molecule has 4 heterocycles. The van der Waals surface area contributed by atoms with Gasteiger partial charge in [0.15, 0.2) is 5.82 Å². The van der Waals surface area contributed by atoms with E-state index in [0.29, 0.717) is 5.82 Å². The lowest BCUT2D eigenvalue weighted by Crippen LogP contribution is -1.97. The number of fused-ring (bicyclic) bond motifs is 9. The fraction of sp³-hybridized carbons (Fsp3) is 0. The van der Waals surface area contributed by atoms with Crippen molar-refractivity contribution in [3.05, 3.63) is 206 Å². The summed E-state index contributed by atoms with van der Waals surface area (Å²) in [5.74, 6) is 0.690. The molecule has 0 atom stereocenters. The Labute approximate surface area is 375 Å². The maximum Gasteiger partial charge on any atom is 0.160 e. The predicted octanol–water partition coefficient (Wildman–Crippen LogP) is 17.6. The minimum atomic E-state index is 0.690. The summed E-state index contributed by atoms with van der Waals surface area (Å²) in [5.41, 5.74) is 11.8. The van der Waals surface area contributed by atoms with Crippen molar-refractivity contribution in [1.29, 1.82) is 0 Å². The quantitative estimate of drug-likeness (QED) is 0.167. The molecule has 0 N–H and O–H groups in total. The van der Waals surface area contributed by atoms with E-state index < -0.39 is 0 Å². The first-order chi connectivity index (χ1) is 31.1. The molecule has 13 aromatic rings. The average Bonchev–Trinajstić information content (AvgIpc) is 4.04. The van der Waals surface area contributed by atoms with Crippen LogP contribution in [0, 0.1) is 0 Å². The van der Waals surface area contributed by atoms with Gasteiger partial charge in [0.1, 0.15) is 0 Å². The van der Waals surface area contributed by atoms with Crippen LogP contribution in [-0.4, -0.2) is 9.97 Å². The molecular formula is C58H34N2S3. The Morgan fingerprint density at radius 1 is 0.222 bits per heavy atom. The molecule has 0 radical (unpaired) electrons. The number of rotatable bonds is 6. The lowest BCUT2D eigenvalue weighted by atomic mass is 9.94. The van der Waals surface area contributed by atoms with Gasteiger partial charge in [-0.25, -0.2) is 9.97 Å². The van der Waals surface area contributed by atoms with Crippen LogP contribution in [0.25, 0.3) is 128 Å². The van der Waals surface area contributed by atoms with Gasteiger partial charge in [-0.05, 0) is 118 Å². The van der Waals surface area contributed by atoms with Gasteiger partial charge >= 0.3 is 0 Å². The van der Waals surface area contributed by atoms with Crippen LogP contribution in [0.3, 0.4) is 0 Å². The van der Waals surface area contributed by atoms with Crippen LogP contribution in [0.1, 0.15) is 0 Å². The monoisotopic (exact) mass is 854 g/mol. The predicted molar refractivity (Wildman–Crippen MR) is 273 cm³/mol. The van der Waals surface area contributed by atoms with Gasteiger partial charge in [0, 0.05) is 77.2 Å². The summed E-state index contributed by atoms with van der Waals surface area (Å²) < 4.78 is 7.81. The fourth-order valence-electron chi connectivity index (χ4n) is 9.15. The van der Waals surface area contributed by atoms with E-state index in [2.05, 4.69) is 206 Å². The molecule has 5 heteroatoms. The molecule has 0 aliphatic rings. The highest BCUT2D eigenvalue weighted by Crippen LogP contribution is 2.42. The minimum Gasteiger partial charge on any atom is -0.228 e. The Bertz CT molecular complexity index is 3800. The fourth-order valence-corrected chi connectivity index (χ4v) is 12.4. The topological polar surface area (TPSA) is 25.8 Å². The van der Waals surface area contributed by atoms with E-state index in [1.807, 2.05) is 34.0 Å². The first kappa shape index (κ1) is 36.4. The average molecular weight is 855 g/mol. The van der Waals surface area contributed by atoms with E-state index in [9.17, 15) is 0 Å². The highest BCUT2D eigenvalue weighted by atomic mass is 32.1. The molecular weight excluding hydrogens is 821 g/mol. The zero-order valence-corrected chi connectivity index (χ0v) is 36.2. The van der Waals surface area contributed by atoms with Crippen molar-refractivity contribution in [1.82, 2.24) is 9.97 Å². The van der Waals surface area contributed by atoms with Gasteiger partial charge in [-0.3, -0.25) is 0 Å². The highest BCUT2D eigenvalue weighted by molar-refractivity contribution is 7.26. The lowest BCUT2D eigenvalue weighted by Gasteiger charge is -2.14. The molecule has 2 nitrogen and oxygen atoms in total. The Kier molecular flexibility index (Phi) is 8.48. The van der Waals surface area contributed by atoms with E-state index in [-0.39, 0.29) is 0 Å². The maximum absolute atomic E-state index is 5.45. The molecule has 0 spiro atoms. The van der Waals surface area contributed by atoms with E-state index in [1.54, 1.807) is 0 Å². The number of hydrogen-bond acceptors (Lipinski definition) is 5. The highest BCUT2D eigenvalue weighted by Gasteiger charge is 2.17. The number of nitrogens with zero attached hydrogens (tertiary/aromatic N) is 2. The van der Waals surface area contributed by atoms with Gasteiger partial charge in [-0.2, -0.15) is 0 Å². The van der Waals surface area contributed by atoms with Crippen LogP contribution in [0.15, 0.2) is 206 Å². The molecule has 294 valence electrons. The van der Waals surface area contributed by atoms with Gasteiger partial charge in [0.2, 0.25) is 0 Å². The van der Waals surface area contributed by atoms with E-state index in [0.717, 1.165) is 44.8 Å². The Hall–Kier alpha value is -7.28. The van der Waals surface area contributed by atoms with Crippen molar-refractivity contribution in [3.63, 3.8) is 0 Å². The van der Waals surface area contributed by atoms with Crippen LogP contribution in [0.2, 0.25) is 0 Å². The number of hydrogen-bond donors (Lipinski definition) is 0. The standard InChI is InChI=1S/C58H34N2S3/c1-2-11-35(12-3-1)50-34-51(40-14-10-13-36(27-40)37-21-24-55-47(31-37)44-15-4-7-18-52(44)61-55)60-58(59-50)43-29-41(38-22-25-56-48(32-38)45-16-5-8-19-53(45)62-56)28-42(30-43)39-23-26-57-49(33-39)46-17-6-9-20-54(46)63-57/h1-34H. The van der Waals surface area contributed by atoms with Crippen LogP contribution in [0.5, 0.6) is 0 Å². The second-order valence-corrected chi connectivity index (χ2v) is 19.4. The van der Waals surface area contributed by atoms with Crippen molar-refractivity contribution in [3.8, 4) is 67.3 Å². The van der Waals surface area contributed by atoms with Crippen molar-refractivity contribution in [2.45, 2.75) is 0 Å². The molecule has 4 aromatic heterocycles. The van der Waals surface area contributed by atoms with Crippen LogP contribution in [0.4, 0.5) is 0 Å². The zero-order valence-electron chi connectivity index (χ0n) is 33.7. The second kappa shape index (κ2) is 14.7. The molecule has 0 amide bonds. The molecule has 9 aromatic carbocycles. The Morgan fingerprint density at radius 3 is 1.11 bits per heavy atom. The smallest absolute Gasteiger partial charge is 0.160 e. The molecule has 0 bridgehead atoms. The third kappa shape index (κ3) is 6.35. The number of aromatic nitrogens is 2. The molecule has 0 fully saturated rings. The molecule has 13 rings (SSSR count). The summed E-state index contributed by atoms with van der Waals surface area (Å²) >= 11 is 5.55. The molecule has 63 heavy (non-hydrogen) atoms. The zero-order chi connectivity index (χ0) is 41.4. The molecule has 0 unspecified atom stereocenters. The van der Waals surface area contributed by atoms with E-state index >= 15 is 0 Å². The molecule has 0 saturated heterocycles. The Balaban J connectivity index is 1.00. The third-order valence-electron chi connectivity index (χ3n) is 12.3. The lowest BCUT2D eigenvalue weighted by molar-refractivity contribution is 1.18. The van der Waals surface area contributed by atoms with Crippen molar-refractivity contribution < 1.29 is 0 Å². The number of benzene rings is 9. The molecule has 0 aliphatic heterocycles. The number of thiophene rings is 3. The summed E-state index contributed by atoms with van der Waals surface area (Å²) in [4.78, 5) is 10.8. The SMILES string of the molecule is c1ccc(-c2cc(-c3cccc(-c4ccc5sc6ccccc6c5c4)c3)nc(-c3cc(-c4ccc5sc6ccccc6c5c4)cc(-c4ccc5sc6ccccc6c5c4)c3)n2)cc1. The van der Waals surface area contributed by atoms with Gasteiger partial charge < -0.3 is 0 Å². The molecule has 0 saturated carbocycles. The summed E-state index contributed by atoms with van der Waals surface area (Å²) in [6.07, 6.45) is 0. The third-order valence-corrected chi connectivity index (χ3v) is 15.7. The summed E-state index contributed by atoms with van der Waals surface area (Å²) in [7, 11) is 0. The maximum atomic E-state index is 5.45. The summed E-state index contributed by atoms with van der Waals surface area (Å²) in [5, 5.41) is 7.74. The van der Waals surface area contributed by atoms with Crippen LogP contribution >= 0.6 is 34.0 Å². The van der Waals surface area contributed by atoms with Crippen molar-refractivity contribution in [2.75, 3.05) is 0 Å². The van der Waals surface area contributed by atoms with Gasteiger partial charge in [-0.1, -0.05) is 121 Å².